The summed E-state index contributed by atoms with van der Waals surface area (Å²) in [5.41, 5.74) is 1.83. The van der Waals surface area contributed by atoms with Crippen molar-refractivity contribution in [2.45, 2.75) is 46.6 Å². The van der Waals surface area contributed by atoms with E-state index in [1.165, 1.54) is 18.5 Å². The van der Waals surface area contributed by atoms with E-state index in [1.54, 1.807) is 0 Å². The molecule has 0 unspecified atom stereocenters. The van der Waals surface area contributed by atoms with Crippen molar-refractivity contribution in [3.05, 3.63) is 18.2 Å². The molecule has 0 bridgehead atoms. The molecule has 2 heterocycles. The maximum absolute atomic E-state index is 4.32. The smallest absolute Gasteiger partial charge is 0.0948 e. The van der Waals surface area contributed by atoms with E-state index in [-0.39, 0.29) is 0 Å². The van der Waals surface area contributed by atoms with Gasteiger partial charge in [-0.15, -0.1) is 0 Å². The minimum atomic E-state index is 0.442. The standard InChI is InChI=1S/C14H25N3/c1-12(2)8-13-9-16-11-17(13)10-14(3)4-6-15-7-5-14/h9,11-12,15H,4-8,10H2,1-3H3. The van der Waals surface area contributed by atoms with Gasteiger partial charge in [0.25, 0.3) is 0 Å². The highest BCUT2D eigenvalue weighted by Crippen LogP contribution is 2.30. The lowest BCUT2D eigenvalue weighted by atomic mass is 9.81. The second-order valence-electron chi connectivity index (χ2n) is 6.17. The van der Waals surface area contributed by atoms with Crippen molar-refractivity contribution in [3.8, 4) is 0 Å². The van der Waals surface area contributed by atoms with Crippen LogP contribution in [0.1, 0.15) is 39.3 Å². The first-order valence-corrected chi connectivity index (χ1v) is 6.79. The van der Waals surface area contributed by atoms with Crippen molar-refractivity contribution in [1.29, 1.82) is 0 Å². The molecule has 96 valence electrons. The number of aromatic nitrogens is 2. The third kappa shape index (κ3) is 3.32. The molecule has 1 aliphatic heterocycles. The Labute approximate surface area is 105 Å². The number of hydrogen-bond donors (Lipinski definition) is 1. The maximum Gasteiger partial charge on any atom is 0.0948 e. The van der Waals surface area contributed by atoms with Crippen LogP contribution >= 0.6 is 0 Å². The lowest BCUT2D eigenvalue weighted by Gasteiger charge is -2.34. The van der Waals surface area contributed by atoms with E-state index in [4.69, 9.17) is 0 Å². The Morgan fingerprint density at radius 1 is 1.41 bits per heavy atom. The maximum atomic E-state index is 4.32. The van der Waals surface area contributed by atoms with Crippen LogP contribution in [-0.2, 0) is 13.0 Å². The second-order valence-corrected chi connectivity index (χ2v) is 6.17. The lowest BCUT2D eigenvalue weighted by Crippen LogP contribution is -2.37. The fourth-order valence-electron chi connectivity index (χ4n) is 2.68. The molecular formula is C14H25N3. The van der Waals surface area contributed by atoms with Gasteiger partial charge in [-0.2, -0.15) is 0 Å². The van der Waals surface area contributed by atoms with Gasteiger partial charge in [0.1, 0.15) is 0 Å². The van der Waals surface area contributed by atoms with E-state index in [2.05, 4.69) is 35.6 Å². The van der Waals surface area contributed by atoms with E-state index in [0.717, 1.165) is 26.1 Å². The molecule has 1 aliphatic rings. The second kappa shape index (κ2) is 5.21. The molecule has 3 heteroatoms. The number of nitrogens with one attached hydrogen (secondary N) is 1. The molecule has 1 aromatic heterocycles. The van der Waals surface area contributed by atoms with Gasteiger partial charge < -0.3 is 9.88 Å². The summed E-state index contributed by atoms with van der Waals surface area (Å²) >= 11 is 0. The van der Waals surface area contributed by atoms with Crippen LogP contribution in [0.3, 0.4) is 0 Å². The minimum Gasteiger partial charge on any atom is -0.334 e. The van der Waals surface area contributed by atoms with Gasteiger partial charge in [-0.1, -0.05) is 20.8 Å². The van der Waals surface area contributed by atoms with Gasteiger partial charge in [0, 0.05) is 18.4 Å². The topological polar surface area (TPSA) is 29.9 Å². The summed E-state index contributed by atoms with van der Waals surface area (Å²) in [6.07, 6.45) is 7.71. The van der Waals surface area contributed by atoms with E-state index in [9.17, 15) is 0 Å². The van der Waals surface area contributed by atoms with Gasteiger partial charge in [0.05, 0.1) is 6.33 Å². The summed E-state index contributed by atoms with van der Waals surface area (Å²) in [6.45, 7) is 10.4. The molecule has 0 aliphatic carbocycles. The molecule has 1 N–H and O–H groups in total. The Kier molecular flexibility index (Phi) is 3.87. The molecule has 1 saturated heterocycles. The largest absolute Gasteiger partial charge is 0.334 e. The zero-order valence-electron chi connectivity index (χ0n) is 11.4. The summed E-state index contributed by atoms with van der Waals surface area (Å²) in [4.78, 5) is 4.32. The van der Waals surface area contributed by atoms with Gasteiger partial charge in [-0.25, -0.2) is 4.98 Å². The zero-order chi connectivity index (χ0) is 12.3. The van der Waals surface area contributed by atoms with Crippen molar-refractivity contribution in [2.24, 2.45) is 11.3 Å². The summed E-state index contributed by atoms with van der Waals surface area (Å²) < 4.78 is 2.37. The van der Waals surface area contributed by atoms with Crippen molar-refractivity contribution >= 4 is 0 Å². The van der Waals surface area contributed by atoms with Crippen LogP contribution in [0, 0.1) is 11.3 Å². The van der Waals surface area contributed by atoms with Crippen LogP contribution in [0.5, 0.6) is 0 Å². The summed E-state index contributed by atoms with van der Waals surface area (Å²) in [5, 5.41) is 3.44. The molecule has 1 fully saturated rings. The van der Waals surface area contributed by atoms with Crippen LogP contribution in [0.2, 0.25) is 0 Å². The summed E-state index contributed by atoms with van der Waals surface area (Å²) in [7, 11) is 0. The van der Waals surface area contributed by atoms with Crippen LogP contribution in [0.15, 0.2) is 12.5 Å². The Bertz CT molecular complexity index is 348. The quantitative estimate of drug-likeness (QED) is 0.869. The fourth-order valence-corrected chi connectivity index (χ4v) is 2.68. The van der Waals surface area contributed by atoms with Crippen molar-refractivity contribution in [3.63, 3.8) is 0 Å². The van der Waals surface area contributed by atoms with Crippen LogP contribution in [0.4, 0.5) is 0 Å². The van der Waals surface area contributed by atoms with Gasteiger partial charge in [-0.3, -0.25) is 0 Å². The van der Waals surface area contributed by atoms with Crippen molar-refractivity contribution in [2.75, 3.05) is 13.1 Å². The van der Waals surface area contributed by atoms with Crippen LogP contribution in [-0.4, -0.2) is 22.6 Å². The van der Waals surface area contributed by atoms with Crippen LogP contribution < -0.4 is 5.32 Å². The average Bonchev–Trinajstić information content (AvgIpc) is 2.65. The molecule has 0 amide bonds. The number of rotatable bonds is 4. The van der Waals surface area contributed by atoms with Crippen molar-refractivity contribution < 1.29 is 0 Å². The molecule has 3 nitrogen and oxygen atoms in total. The normalized spacial score (nSPS) is 19.8. The monoisotopic (exact) mass is 235 g/mol. The molecule has 17 heavy (non-hydrogen) atoms. The third-order valence-corrected chi connectivity index (χ3v) is 3.78. The van der Waals surface area contributed by atoms with E-state index in [1.807, 2.05) is 12.5 Å². The fraction of sp³-hybridized carbons (Fsp3) is 0.786. The number of nitrogens with zero attached hydrogens (tertiary/aromatic N) is 2. The predicted molar refractivity (Wildman–Crippen MR) is 71.0 cm³/mol. The first-order valence-electron chi connectivity index (χ1n) is 6.79. The molecule has 0 spiro atoms. The average molecular weight is 235 g/mol. The predicted octanol–water partition coefficient (Wildman–Crippen LogP) is 2.47. The Balaban J connectivity index is 2.04. The number of hydrogen-bond acceptors (Lipinski definition) is 2. The van der Waals surface area contributed by atoms with Gasteiger partial charge in [0.15, 0.2) is 0 Å². The molecule has 0 saturated carbocycles. The zero-order valence-corrected chi connectivity index (χ0v) is 11.4. The van der Waals surface area contributed by atoms with Gasteiger partial charge >= 0.3 is 0 Å². The van der Waals surface area contributed by atoms with Gasteiger partial charge in [0.2, 0.25) is 0 Å². The number of piperidine rings is 1. The molecule has 0 aromatic carbocycles. The lowest BCUT2D eigenvalue weighted by molar-refractivity contribution is 0.192. The number of imidazole rings is 1. The Morgan fingerprint density at radius 3 is 2.76 bits per heavy atom. The Morgan fingerprint density at radius 2 is 2.12 bits per heavy atom. The van der Waals surface area contributed by atoms with Crippen LogP contribution in [0.25, 0.3) is 0 Å². The van der Waals surface area contributed by atoms with E-state index in [0.29, 0.717) is 11.3 Å². The van der Waals surface area contributed by atoms with E-state index >= 15 is 0 Å². The molecule has 0 radical (unpaired) electrons. The highest BCUT2D eigenvalue weighted by atomic mass is 15.1. The van der Waals surface area contributed by atoms with Crippen molar-refractivity contribution in [1.82, 2.24) is 14.9 Å². The first-order chi connectivity index (χ1) is 8.09. The molecule has 2 rings (SSSR count). The summed E-state index contributed by atoms with van der Waals surface area (Å²) in [5.74, 6) is 0.700. The third-order valence-electron chi connectivity index (χ3n) is 3.78. The summed E-state index contributed by atoms with van der Waals surface area (Å²) in [6, 6.07) is 0. The van der Waals surface area contributed by atoms with E-state index < -0.39 is 0 Å². The molecule has 1 aromatic rings. The molecular weight excluding hydrogens is 210 g/mol. The highest BCUT2D eigenvalue weighted by molar-refractivity contribution is 5.00. The Hall–Kier alpha value is -0.830. The van der Waals surface area contributed by atoms with Gasteiger partial charge in [-0.05, 0) is 43.7 Å². The molecule has 0 atom stereocenters. The first kappa shape index (κ1) is 12.6. The SMILES string of the molecule is CC(C)Cc1cncn1CC1(C)CCNCC1. The minimum absolute atomic E-state index is 0.442. The highest BCUT2D eigenvalue weighted by Gasteiger charge is 2.27.